The SMILES string of the molecule is Cc1cncc(NCC(Cc2ccc(F)cc2)C(N)=O)n1. The van der Waals surface area contributed by atoms with E-state index in [0.29, 0.717) is 18.8 Å². The third kappa shape index (κ3) is 4.52. The van der Waals surface area contributed by atoms with Gasteiger partial charge in [-0.15, -0.1) is 0 Å². The zero-order chi connectivity index (χ0) is 15.2. The van der Waals surface area contributed by atoms with Crippen molar-refractivity contribution in [2.75, 3.05) is 11.9 Å². The predicted molar refractivity (Wildman–Crippen MR) is 78.0 cm³/mol. The van der Waals surface area contributed by atoms with Crippen LogP contribution in [-0.4, -0.2) is 22.4 Å². The van der Waals surface area contributed by atoms with E-state index in [1.54, 1.807) is 24.5 Å². The van der Waals surface area contributed by atoms with Crippen LogP contribution in [0.4, 0.5) is 10.2 Å². The molecule has 0 saturated heterocycles. The minimum Gasteiger partial charge on any atom is -0.369 e. The van der Waals surface area contributed by atoms with Crippen molar-refractivity contribution in [2.45, 2.75) is 13.3 Å². The van der Waals surface area contributed by atoms with Gasteiger partial charge in [0.1, 0.15) is 11.6 Å². The fraction of sp³-hybridized carbons (Fsp3) is 0.267. The molecule has 0 spiro atoms. The zero-order valence-corrected chi connectivity index (χ0v) is 11.7. The molecule has 1 aromatic heterocycles. The summed E-state index contributed by atoms with van der Waals surface area (Å²) in [4.78, 5) is 19.8. The summed E-state index contributed by atoms with van der Waals surface area (Å²) in [6.45, 7) is 2.19. The van der Waals surface area contributed by atoms with Gasteiger partial charge in [-0.25, -0.2) is 9.37 Å². The molecule has 6 heteroatoms. The number of anilines is 1. The molecular formula is C15H17FN4O. The third-order valence-electron chi connectivity index (χ3n) is 3.08. The molecule has 0 bridgehead atoms. The van der Waals surface area contributed by atoms with Crippen molar-refractivity contribution < 1.29 is 9.18 Å². The normalized spacial score (nSPS) is 11.9. The topological polar surface area (TPSA) is 80.9 Å². The van der Waals surface area contributed by atoms with Gasteiger partial charge in [0.05, 0.1) is 17.8 Å². The lowest BCUT2D eigenvalue weighted by Gasteiger charge is -2.15. The van der Waals surface area contributed by atoms with Crippen molar-refractivity contribution in [1.82, 2.24) is 9.97 Å². The van der Waals surface area contributed by atoms with E-state index in [2.05, 4.69) is 15.3 Å². The van der Waals surface area contributed by atoms with Crippen molar-refractivity contribution in [3.05, 3.63) is 53.7 Å². The first-order chi connectivity index (χ1) is 10.0. The summed E-state index contributed by atoms with van der Waals surface area (Å²) in [5.41, 5.74) is 7.06. The van der Waals surface area contributed by atoms with Crippen LogP contribution < -0.4 is 11.1 Å². The number of nitrogens with zero attached hydrogens (tertiary/aromatic N) is 2. The van der Waals surface area contributed by atoms with E-state index in [4.69, 9.17) is 5.73 Å². The molecular weight excluding hydrogens is 271 g/mol. The maximum Gasteiger partial charge on any atom is 0.222 e. The number of benzene rings is 1. The second-order valence-electron chi connectivity index (χ2n) is 4.86. The lowest BCUT2D eigenvalue weighted by Crippen LogP contribution is -2.31. The van der Waals surface area contributed by atoms with Crippen molar-refractivity contribution in [3.8, 4) is 0 Å². The molecule has 2 aromatic rings. The van der Waals surface area contributed by atoms with E-state index in [1.807, 2.05) is 6.92 Å². The maximum absolute atomic E-state index is 12.9. The number of nitrogens with one attached hydrogen (secondary N) is 1. The number of primary amides is 1. The Kier molecular flexibility index (Phi) is 4.81. The molecule has 3 N–H and O–H groups in total. The fourth-order valence-corrected chi connectivity index (χ4v) is 1.95. The number of hydrogen-bond acceptors (Lipinski definition) is 4. The van der Waals surface area contributed by atoms with Crippen LogP contribution in [0.15, 0.2) is 36.7 Å². The average molecular weight is 288 g/mol. The number of aromatic nitrogens is 2. The summed E-state index contributed by atoms with van der Waals surface area (Å²) in [5, 5.41) is 3.05. The molecule has 5 nitrogen and oxygen atoms in total. The number of rotatable bonds is 6. The summed E-state index contributed by atoms with van der Waals surface area (Å²) in [7, 11) is 0. The van der Waals surface area contributed by atoms with Crippen LogP contribution >= 0.6 is 0 Å². The Morgan fingerprint density at radius 1 is 1.33 bits per heavy atom. The van der Waals surface area contributed by atoms with Crippen LogP contribution in [0.2, 0.25) is 0 Å². The van der Waals surface area contributed by atoms with Crippen molar-refractivity contribution >= 4 is 11.7 Å². The van der Waals surface area contributed by atoms with Crippen LogP contribution in [-0.2, 0) is 11.2 Å². The Morgan fingerprint density at radius 3 is 2.67 bits per heavy atom. The molecule has 0 aliphatic rings. The molecule has 21 heavy (non-hydrogen) atoms. The molecule has 2 rings (SSSR count). The third-order valence-corrected chi connectivity index (χ3v) is 3.08. The highest BCUT2D eigenvalue weighted by atomic mass is 19.1. The minimum absolute atomic E-state index is 0.303. The Bertz CT molecular complexity index is 615. The van der Waals surface area contributed by atoms with Crippen molar-refractivity contribution in [2.24, 2.45) is 11.7 Å². The van der Waals surface area contributed by atoms with E-state index in [-0.39, 0.29) is 5.82 Å². The Morgan fingerprint density at radius 2 is 2.05 bits per heavy atom. The van der Waals surface area contributed by atoms with Crippen LogP contribution in [0, 0.1) is 18.7 Å². The summed E-state index contributed by atoms with van der Waals surface area (Å²) < 4.78 is 12.9. The van der Waals surface area contributed by atoms with E-state index in [9.17, 15) is 9.18 Å². The van der Waals surface area contributed by atoms with Crippen LogP contribution in [0.3, 0.4) is 0 Å². The molecule has 0 saturated carbocycles. The van der Waals surface area contributed by atoms with Crippen LogP contribution in [0.5, 0.6) is 0 Å². The maximum atomic E-state index is 12.9. The highest BCUT2D eigenvalue weighted by Gasteiger charge is 2.16. The zero-order valence-electron chi connectivity index (χ0n) is 11.7. The second-order valence-corrected chi connectivity index (χ2v) is 4.86. The number of hydrogen-bond donors (Lipinski definition) is 2. The second kappa shape index (κ2) is 6.78. The highest BCUT2D eigenvalue weighted by Crippen LogP contribution is 2.11. The predicted octanol–water partition coefficient (Wildman–Crippen LogP) is 1.68. The Hall–Kier alpha value is -2.50. The van der Waals surface area contributed by atoms with Gasteiger partial charge in [-0.05, 0) is 31.0 Å². The summed E-state index contributed by atoms with van der Waals surface area (Å²) in [6, 6.07) is 6.04. The van der Waals surface area contributed by atoms with E-state index in [0.717, 1.165) is 11.3 Å². The molecule has 0 fully saturated rings. The first kappa shape index (κ1) is 14.9. The number of amides is 1. The monoisotopic (exact) mass is 288 g/mol. The van der Waals surface area contributed by atoms with Gasteiger partial charge in [0.15, 0.2) is 0 Å². The summed E-state index contributed by atoms with van der Waals surface area (Å²) >= 11 is 0. The lowest BCUT2D eigenvalue weighted by molar-refractivity contribution is -0.121. The standard InChI is InChI=1S/C15H17FN4O/c1-10-7-18-9-14(20-10)19-8-12(15(17)21)6-11-2-4-13(16)5-3-11/h2-5,7,9,12H,6,8H2,1H3,(H2,17,21)(H,19,20). The number of aryl methyl sites for hydroxylation is 1. The number of halogens is 1. The Balaban J connectivity index is 1.99. The van der Waals surface area contributed by atoms with Crippen molar-refractivity contribution in [1.29, 1.82) is 0 Å². The van der Waals surface area contributed by atoms with Crippen LogP contribution in [0.25, 0.3) is 0 Å². The van der Waals surface area contributed by atoms with E-state index < -0.39 is 11.8 Å². The molecule has 110 valence electrons. The number of nitrogens with two attached hydrogens (primary N) is 1. The molecule has 1 atom stereocenters. The molecule has 0 aliphatic heterocycles. The van der Waals surface area contributed by atoms with E-state index in [1.165, 1.54) is 12.1 Å². The van der Waals surface area contributed by atoms with Gasteiger partial charge < -0.3 is 11.1 Å². The smallest absolute Gasteiger partial charge is 0.222 e. The van der Waals surface area contributed by atoms with Crippen LogP contribution in [0.1, 0.15) is 11.3 Å². The van der Waals surface area contributed by atoms with Gasteiger partial charge >= 0.3 is 0 Å². The first-order valence-corrected chi connectivity index (χ1v) is 6.61. The van der Waals surface area contributed by atoms with Gasteiger partial charge in [-0.1, -0.05) is 12.1 Å². The molecule has 1 unspecified atom stereocenters. The number of carbonyl (C=O) groups is 1. The number of carbonyl (C=O) groups excluding carboxylic acids is 1. The average Bonchev–Trinajstić information content (AvgIpc) is 2.45. The van der Waals surface area contributed by atoms with Crippen molar-refractivity contribution in [3.63, 3.8) is 0 Å². The molecule has 0 radical (unpaired) electrons. The van der Waals surface area contributed by atoms with Gasteiger partial charge in [-0.3, -0.25) is 9.78 Å². The molecule has 1 amide bonds. The van der Waals surface area contributed by atoms with Gasteiger partial charge in [0.2, 0.25) is 5.91 Å². The molecule has 1 heterocycles. The fourth-order valence-electron chi connectivity index (χ4n) is 1.95. The van der Waals surface area contributed by atoms with E-state index >= 15 is 0 Å². The summed E-state index contributed by atoms with van der Waals surface area (Å²) in [5.74, 6) is -0.520. The molecule has 0 aliphatic carbocycles. The lowest BCUT2D eigenvalue weighted by atomic mass is 9.98. The summed E-state index contributed by atoms with van der Waals surface area (Å²) in [6.07, 6.45) is 3.68. The van der Waals surface area contributed by atoms with Gasteiger partial charge in [0, 0.05) is 12.7 Å². The Labute approximate surface area is 122 Å². The van der Waals surface area contributed by atoms with Gasteiger partial charge in [0.25, 0.3) is 0 Å². The minimum atomic E-state index is -0.410. The quantitative estimate of drug-likeness (QED) is 0.847. The first-order valence-electron chi connectivity index (χ1n) is 6.61. The largest absolute Gasteiger partial charge is 0.369 e. The highest BCUT2D eigenvalue weighted by molar-refractivity contribution is 5.77. The van der Waals surface area contributed by atoms with Gasteiger partial charge in [-0.2, -0.15) is 0 Å². The molecule has 1 aromatic carbocycles.